The Bertz CT molecular complexity index is 995. The molecule has 1 aliphatic rings. The van der Waals surface area contributed by atoms with Crippen LogP contribution in [0.15, 0.2) is 61.2 Å². The molecule has 194 valence electrons. The number of hydrogen-bond acceptors (Lipinski definition) is 7. The van der Waals surface area contributed by atoms with Crippen molar-refractivity contribution in [3.63, 3.8) is 0 Å². The fourth-order valence-electron chi connectivity index (χ4n) is 3.82. The molecule has 0 aliphatic carbocycles. The zero-order valence-electron chi connectivity index (χ0n) is 21.4. The van der Waals surface area contributed by atoms with Gasteiger partial charge in [0, 0.05) is 0 Å². The lowest BCUT2D eigenvalue weighted by Crippen LogP contribution is -2.34. The number of hydrogen-bond donors (Lipinski definition) is 0. The molecule has 2 aromatic carbocycles. The van der Waals surface area contributed by atoms with Gasteiger partial charge in [-0.15, -0.1) is 6.58 Å². The van der Waals surface area contributed by atoms with Crippen molar-refractivity contribution >= 4 is 11.9 Å². The SMILES string of the molecule is C=C[C@H]1OC(C)(C)OC1C(=O)Oc1ccc(OC(=O)c2ccc(OCCCCCCCC)cc2)cc1. The summed E-state index contributed by atoms with van der Waals surface area (Å²) in [4.78, 5) is 25.0. The molecule has 1 heterocycles. The summed E-state index contributed by atoms with van der Waals surface area (Å²) in [5.74, 6) is -0.635. The van der Waals surface area contributed by atoms with Gasteiger partial charge in [-0.25, -0.2) is 9.59 Å². The number of unbranched alkanes of at least 4 members (excludes halogenated alkanes) is 5. The van der Waals surface area contributed by atoms with Gasteiger partial charge >= 0.3 is 11.9 Å². The molecule has 0 aromatic heterocycles. The van der Waals surface area contributed by atoms with E-state index in [1.54, 1.807) is 62.4 Å². The molecule has 3 rings (SSSR count). The molecule has 1 unspecified atom stereocenters. The summed E-state index contributed by atoms with van der Waals surface area (Å²) in [7, 11) is 0. The van der Waals surface area contributed by atoms with Gasteiger partial charge in [-0.3, -0.25) is 0 Å². The first kappa shape index (κ1) is 27.4. The Morgan fingerprint density at radius 2 is 1.44 bits per heavy atom. The maximum Gasteiger partial charge on any atom is 0.343 e. The lowest BCUT2D eigenvalue weighted by atomic mass is 10.1. The normalized spacial score (nSPS) is 18.4. The molecule has 0 N–H and O–H groups in total. The predicted octanol–water partition coefficient (Wildman–Crippen LogP) is 6.26. The fourth-order valence-corrected chi connectivity index (χ4v) is 3.82. The van der Waals surface area contributed by atoms with Gasteiger partial charge < -0.3 is 23.7 Å². The van der Waals surface area contributed by atoms with Crippen LogP contribution >= 0.6 is 0 Å². The molecule has 1 fully saturated rings. The lowest BCUT2D eigenvalue weighted by Gasteiger charge is -2.16. The minimum Gasteiger partial charge on any atom is -0.494 e. The molecule has 0 amide bonds. The highest BCUT2D eigenvalue weighted by atomic mass is 16.8. The molecule has 7 nitrogen and oxygen atoms in total. The third kappa shape index (κ3) is 8.21. The van der Waals surface area contributed by atoms with Crippen LogP contribution in [0.2, 0.25) is 0 Å². The lowest BCUT2D eigenvalue weighted by molar-refractivity contribution is -0.163. The van der Waals surface area contributed by atoms with E-state index in [-0.39, 0.29) is 0 Å². The molecular weight excluding hydrogens is 460 g/mol. The second kappa shape index (κ2) is 13.2. The molecule has 0 bridgehead atoms. The second-order valence-corrected chi connectivity index (χ2v) is 9.18. The summed E-state index contributed by atoms with van der Waals surface area (Å²) < 4.78 is 27.8. The van der Waals surface area contributed by atoms with Crippen molar-refractivity contribution < 1.29 is 33.3 Å². The van der Waals surface area contributed by atoms with E-state index in [9.17, 15) is 9.59 Å². The number of carbonyl (C=O) groups excluding carboxylic acids is 2. The fraction of sp³-hybridized carbons (Fsp3) is 0.448. The van der Waals surface area contributed by atoms with Crippen LogP contribution in [-0.4, -0.2) is 36.5 Å². The van der Waals surface area contributed by atoms with Crippen LogP contribution in [0.3, 0.4) is 0 Å². The van der Waals surface area contributed by atoms with Crippen LogP contribution in [-0.2, 0) is 14.3 Å². The maximum atomic E-state index is 12.5. The molecule has 7 heteroatoms. The number of benzene rings is 2. The summed E-state index contributed by atoms with van der Waals surface area (Å²) in [6.45, 7) is 9.99. The third-order valence-electron chi connectivity index (χ3n) is 5.70. The molecular formula is C29H36O7. The maximum absolute atomic E-state index is 12.5. The minimum absolute atomic E-state index is 0.294. The summed E-state index contributed by atoms with van der Waals surface area (Å²) in [5, 5.41) is 0. The molecule has 0 spiro atoms. The molecule has 0 saturated carbocycles. The molecule has 0 radical (unpaired) electrons. The van der Waals surface area contributed by atoms with Crippen LogP contribution in [0.5, 0.6) is 17.2 Å². The topological polar surface area (TPSA) is 80.3 Å². The van der Waals surface area contributed by atoms with Crippen molar-refractivity contribution in [1.82, 2.24) is 0 Å². The quantitative estimate of drug-likeness (QED) is 0.140. The van der Waals surface area contributed by atoms with Gasteiger partial charge in [-0.2, -0.15) is 0 Å². The van der Waals surface area contributed by atoms with E-state index >= 15 is 0 Å². The summed E-state index contributed by atoms with van der Waals surface area (Å²) in [5.41, 5.74) is 0.411. The van der Waals surface area contributed by atoms with Gasteiger partial charge in [0.05, 0.1) is 12.2 Å². The predicted molar refractivity (Wildman–Crippen MR) is 136 cm³/mol. The van der Waals surface area contributed by atoms with Crippen LogP contribution in [0.4, 0.5) is 0 Å². The van der Waals surface area contributed by atoms with E-state index in [1.807, 2.05) is 0 Å². The van der Waals surface area contributed by atoms with E-state index in [1.165, 1.54) is 38.2 Å². The Kier molecular flexibility index (Phi) is 10.1. The van der Waals surface area contributed by atoms with Gasteiger partial charge in [-0.05, 0) is 68.8 Å². The Morgan fingerprint density at radius 1 is 0.861 bits per heavy atom. The highest BCUT2D eigenvalue weighted by molar-refractivity contribution is 5.91. The first-order valence-corrected chi connectivity index (χ1v) is 12.6. The van der Waals surface area contributed by atoms with Crippen molar-refractivity contribution in [2.45, 2.75) is 77.3 Å². The van der Waals surface area contributed by atoms with Crippen molar-refractivity contribution in [3.8, 4) is 17.2 Å². The van der Waals surface area contributed by atoms with Gasteiger partial charge in [0.15, 0.2) is 11.9 Å². The van der Waals surface area contributed by atoms with Crippen LogP contribution < -0.4 is 14.2 Å². The Hall–Kier alpha value is -3.16. The third-order valence-corrected chi connectivity index (χ3v) is 5.70. The van der Waals surface area contributed by atoms with Crippen molar-refractivity contribution in [3.05, 3.63) is 66.7 Å². The Balaban J connectivity index is 1.44. The first-order chi connectivity index (χ1) is 17.3. The van der Waals surface area contributed by atoms with Gasteiger partial charge in [0.25, 0.3) is 0 Å². The average molecular weight is 497 g/mol. The first-order valence-electron chi connectivity index (χ1n) is 12.6. The van der Waals surface area contributed by atoms with E-state index in [0.717, 1.165) is 12.2 Å². The van der Waals surface area contributed by atoms with Gasteiger partial charge in [0.1, 0.15) is 23.4 Å². The van der Waals surface area contributed by atoms with Crippen LogP contribution in [0.1, 0.15) is 69.7 Å². The van der Waals surface area contributed by atoms with Crippen molar-refractivity contribution in [2.24, 2.45) is 0 Å². The zero-order valence-corrected chi connectivity index (χ0v) is 21.4. The number of ether oxygens (including phenoxy) is 5. The standard InChI is InChI=1S/C29H36O7/c1-5-7-8-9-10-11-20-32-22-14-12-21(13-15-22)27(30)33-23-16-18-24(19-17-23)34-28(31)26-25(6-2)35-29(3,4)36-26/h6,12-19,25-26H,2,5,7-11,20H2,1,3-4H3/t25-,26?/m1/s1. The Morgan fingerprint density at radius 3 is 2.08 bits per heavy atom. The van der Waals surface area contributed by atoms with Gasteiger partial charge in [-0.1, -0.05) is 45.1 Å². The van der Waals surface area contributed by atoms with E-state index < -0.39 is 29.9 Å². The smallest absolute Gasteiger partial charge is 0.343 e. The highest BCUT2D eigenvalue weighted by Gasteiger charge is 2.44. The van der Waals surface area contributed by atoms with Crippen LogP contribution in [0, 0.1) is 0 Å². The number of carbonyl (C=O) groups is 2. The van der Waals surface area contributed by atoms with Crippen LogP contribution in [0.25, 0.3) is 0 Å². The van der Waals surface area contributed by atoms with E-state index in [4.69, 9.17) is 23.7 Å². The van der Waals surface area contributed by atoms with E-state index in [0.29, 0.717) is 23.7 Å². The molecule has 2 atom stereocenters. The monoisotopic (exact) mass is 496 g/mol. The van der Waals surface area contributed by atoms with Gasteiger partial charge in [0.2, 0.25) is 0 Å². The number of esters is 2. The summed E-state index contributed by atoms with van der Waals surface area (Å²) in [6.07, 6.45) is 7.24. The van der Waals surface area contributed by atoms with Crippen molar-refractivity contribution in [1.29, 1.82) is 0 Å². The summed E-state index contributed by atoms with van der Waals surface area (Å²) >= 11 is 0. The molecule has 2 aromatic rings. The second-order valence-electron chi connectivity index (χ2n) is 9.18. The molecule has 1 aliphatic heterocycles. The zero-order chi connectivity index (χ0) is 26.0. The molecule has 36 heavy (non-hydrogen) atoms. The molecule has 1 saturated heterocycles. The Labute approximate surface area is 213 Å². The minimum atomic E-state index is -0.909. The largest absolute Gasteiger partial charge is 0.494 e. The highest BCUT2D eigenvalue weighted by Crippen LogP contribution is 2.30. The van der Waals surface area contributed by atoms with E-state index in [2.05, 4.69) is 13.5 Å². The van der Waals surface area contributed by atoms with Crippen molar-refractivity contribution in [2.75, 3.05) is 6.61 Å². The summed E-state index contributed by atoms with van der Waals surface area (Å²) in [6, 6.07) is 13.1. The average Bonchev–Trinajstić information content (AvgIpc) is 3.19. The number of rotatable bonds is 13.